The number of aromatic nitrogens is 1. The van der Waals surface area contributed by atoms with Gasteiger partial charge in [-0.2, -0.15) is 8.78 Å². The molecule has 222 valence electrons. The molecule has 0 spiro atoms. The van der Waals surface area contributed by atoms with Crippen LogP contribution in [0.4, 0.5) is 20.2 Å². The van der Waals surface area contributed by atoms with Crippen LogP contribution in [0.2, 0.25) is 0 Å². The first kappa shape index (κ1) is 30.8. The number of carbonyl (C=O) groups is 2. The number of anilines is 2. The Kier molecular flexibility index (Phi) is 10.0. The maximum absolute atomic E-state index is 13.6. The standard InChI is InChI=1S/C30H33F2N5O4S/c1-20(38)36-28-26(21-6-3-2-4-7-21)8-5-9-27(28)42(40,41)35-18-23(10-12-25-13-11-24(33)19-34-25)30(39)37-16-14-22(15-17-37)29(31)32/h2-9,11,13,19,23,35H,10,12,14-18,33H2,1H3,(H,36,38). The fourth-order valence-electron chi connectivity index (χ4n) is 4.87. The minimum absolute atomic E-state index is 0.0335. The van der Waals surface area contributed by atoms with E-state index in [0.29, 0.717) is 28.9 Å². The number of nitrogens with zero attached hydrogens (tertiary/aromatic N) is 2. The largest absolute Gasteiger partial charge is 0.397 e. The zero-order valence-electron chi connectivity index (χ0n) is 23.1. The fourth-order valence-corrected chi connectivity index (χ4v) is 6.13. The van der Waals surface area contributed by atoms with E-state index in [1.165, 1.54) is 24.1 Å². The Morgan fingerprint density at radius 3 is 2.36 bits per heavy atom. The normalized spacial score (nSPS) is 14.4. The number of benzene rings is 2. The molecular formula is C30H33F2N5O4S. The number of carbonyl (C=O) groups excluding carboxylic acids is 2. The van der Waals surface area contributed by atoms with Gasteiger partial charge in [-0.1, -0.05) is 42.5 Å². The van der Waals surface area contributed by atoms with Crippen molar-refractivity contribution in [1.29, 1.82) is 0 Å². The van der Waals surface area contributed by atoms with Crippen LogP contribution >= 0.6 is 0 Å². The van der Waals surface area contributed by atoms with Crippen molar-refractivity contribution in [2.45, 2.75) is 37.5 Å². The van der Waals surface area contributed by atoms with Gasteiger partial charge in [-0.3, -0.25) is 14.6 Å². The van der Waals surface area contributed by atoms with Gasteiger partial charge in [0.05, 0.1) is 23.5 Å². The molecule has 0 bridgehead atoms. The van der Waals surface area contributed by atoms with Gasteiger partial charge in [0, 0.05) is 37.8 Å². The summed E-state index contributed by atoms with van der Waals surface area (Å²) in [6.45, 7) is 1.31. The quantitative estimate of drug-likeness (QED) is 0.313. The van der Waals surface area contributed by atoms with E-state index in [1.807, 2.05) is 6.07 Å². The van der Waals surface area contributed by atoms with Crippen molar-refractivity contribution in [2.24, 2.45) is 5.92 Å². The van der Waals surface area contributed by atoms with Crippen LogP contribution in [-0.4, -0.2) is 49.8 Å². The number of amides is 2. The maximum atomic E-state index is 13.6. The molecule has 1 aliphatic heterocycles. The average Bonchev–Trinajstić information content (AvgIpc) is 2.98. The van der Waals surface area contributed by atoms with E-state index in [2.05, 4.69) is 15.0 Å². The second-order valence-corrected chi connectivity index (χ2v) is 11.8. The van der Waals surface area contributed by atoms with Crippen LogP contribution in [0.3, 0.4) is 0 Å². The molecule has 1 saturated heterocycles. The van der Waals surface area contributed by atoms with Crippen molar-refractivity contribution in [1.82, 2.24) is 14.6 Å². The van der Waals surface area contributed by atoms with Crippen LogP contribution in [0.15, 0.2) is 83.4 Å². The molecule has 3 aromatic rings. The molecule has 4 rings (SSSR count). The summed E-state index contributed by atoms with van der Waals surface area (Å²) < 4.78 is 56.0. The summed E-state index contributed by atoms with van der Waals surface area (Å²) in [5, 5.41) is 2.66. The highest BCUT2D eigenvalue weighted by atomic mass is 32.2. The van der Waals surface area contributed by atoms with Crippen molar-refractivity contribution in [3.8, 4) is 11.1 Å². The number of rotatable bonds is 10. The molecule has 42 heavy (non-hydrogen) atoms. The molecule has 2 aromatic carbocycles. The monoisotopic (exact) mass is 597 g/mol. The van der Waals surface area contributed by atoms with Crippen molar-refractivity contribution in [2.75, 3.05) is 30.7 Å². The van der Waals surface area contributed by atoms with Crippen LogP contribution in [0, 0.1) is 5.92 Å². The highest BCUT2D eigenvalue weighted by Crippen LogP contribution is 2.34. The van der Waals surface area contributed by atoms with Gasteiger partial charge < -0.3 is 16.0 Å². The molecule has 9 nitrogen and oxygen atoms in total. The number of hydrogen-bond acceptors (Lipinski definition) is 6. The number of sulfonamides is 1. The summed E-state index contributed by atoms with van der Waals surface area (Å²) in [6, 6.07) is 17.2. The second kappa shape index (κ2) is 13.7. The molecule has 1 aliphatic rings. The lowest BCUT2D eigenvalue weighted by molar-refractivity contribution is -0.136. The average molecular weight is 598 g/mol. The summed E-state index contributed by atoms with van der Waals surface area (Å²) in [7, 11) is -4.21. The third-order valence-corrected chi connectivity index (χ3v) is 8.58. The third-order valence-electron chi connectivity index (χ3n) is 7.11. The van der Waals surface area contributed by atoms with E-state index < -0.39 is 27.9 Å². The summed E-state index contributed by atoms with van der Waals surface area (Å²) in [6.07, 6.45) is 0.557. The molecule has 1 unspecified atom stereocenters. The van der Waals surface area contributed by atoms with Gasteiger partial charge in [-0.25, -0.2) is 13.1 Å². The number of nitrogen functional groups attached to an aromatic ring is 1. The number of pyridine rings is 1. The van der Waals surface area contributed by atoms with Crippen molar-refractivity contribution >= 4 is 33.2 Å². The van der Waals surface area contributed by atoms with Gasteiger partial charge in [0.25, 0.3) is 6.08 Å². The molecular weight excluding hydrogens is 564 g/mol. The molecule has 12 heteroatoms. The number of likely N-dealkylation sites (tertiary alicyclic amines) is 1. The number of piperidine rings is 1. The van der Waals surface area contributed by atoms with E-state index in [1.54, 1.807) is 48.5 Å². The van der Waals surface area contributed by atoms with E-state index in [-0.39, 0.29) is 61.0 Å². The number of hydrogen-bond donors (Lipinski definition) is 3. The van der Waals surface area contributed by atoms with E-state index in [4.69, 9.17) is 5.73 Å². The summed E-state index contributed by atoms with van der Waals surface area (Å²) >= 11 is 0. The number of para-hydroxylation sites is 1. The molecule has 2 heterocycles. The molecule has 0 saturated carbocycles. The van der Waals surface area contributed by atoms with Crippen LogP contribution in [0.1, 0.15) is 31.9 Å². The highest BCUT2D eigenvalue weighted by Gasteiger charge is 2.30. The van der Waals surface area contributed by atoms with Gasteiger partial charge in [0.1, 0.15) is 4.90 Å². The first-order valence-corrected chi connectivity index (χ1v) is 15.0. The number of nitrogens with one attached hydrogen (secondary N) is 2. The zero-order valence-corrected chi connectivity index (χ0v) is 24.0. The molecule has 2 amide bonds. The first-order chi connectivity index (χ1) is 20.0. The van der Waals surface area contributed by atoms with Crippen LogP contribution < -0.4 is 15.8 Å². The van der Waals surface area contributed by atoms with E-state index in [0.717, 1.165) is 0 Å². The molecule has 1 fully saturated rings. The lowest BCUT2D eigenvalue weighted by atomic mass is 9.97. The number of halogens is 2. The Balaban J connectivity index is 1.59. The Morgan fingerprint density at radius 1 is 1.02 bits per heavy atom. The molecule has 0 radical (unpaired) electrons. The Bertz CT molecular complexity index is 1550. The zero-order chi connectivity index (χ0) is 30.3. The minimum atomic E-state index is -4.21. The highest BCUT2D eigenvalue weighted by molar-refractivity contribution is 7.89. The van der Waals surface area contributed by atoms with Crippen molar-refractivity contribution < 1.29 is 26.8 Å². The number of nitrogens with two attached hydrogens (primary N) is 1. The predicted molar refractivity (Wildman–Crippen MR) is 157 cm³/mol. The molecule has 0 aliphatic carbocycles. The van der Waals surface area contributed by atoms with E-state index in [9.17, 15) is 26.8 Å². The Labute approximate surface area is 243 Å². The van der Waals surface area contributed by atoms with Crippen LogP contribution in [0.25, 0.3) is 11.1 Å². The third kappa shape index (κ3) is 7.77. The van der Waals surface area contributed by atoms with Gasteiger partial charge in [0.15, 0.2) is 0 Å². The molecule has 4 N–H and O–H groups in total. The molecule has 1 atom stereocenters. The smallest absolute Gasteiger partial charge is 0.269 e. The minimum Gasteiger partial charge on any atom is -0.397 e. The summed E-state index contributed by atoms with van der Waals surface area (Å²) in [4.78, 5) is 31.2. The maximum Gasteiger partial charge on any atom is 0.269 e. The first-order valence-electron chi connectivity index (χ1n) is 13.5. The van der Waals surface area contributed by atoms with Crippen LogP contribution in [0.5, 0.6) is 0 Å². The topological polar surface area (TPSA) is 134 Å². The lowest BCUT2D eigenvalue weighted by Gasteiger charge is -2.31. The summed E-state index contributed by atoms with van der Waals surface area (Å²) in [5.74, 6) is -1.56. The van der Waals surface area contributed by atoms with Gasteiger partial charge in [-0.15, -0.1) is 0 Å². The Morgan fingerprint density at radius 2 is 1.74 bits per heavy atom. The fraction of sp³-hybridized carbons (Fsp3) is 0.300. The molecule has 1 aromatic heterocycles. The van der Waals surface area contributed by atoms with Crippen molar-refractivity contribution in [3.05, 3.63) is 84.2 Å². The van der Waals surface area contributed by atoms with Crippen molar-refractivity contribution in [3.63, 3.8) is 0 Å². The van der Waals surface area contributed by atoms with Crippen LogP contribution in [-0.2, 0) is 26.0 Å². The van der Waals surface area contributed by atoms with Gasteiger partial charge in [0.2, 0.25) is 21.8 Å². The predicted octanol–water partition coefficient (Wildman–Crippen LogP) is 4.59. The SMILES string of the molecule is CC(=O)Nc1c(-c2ccccc2)cccc1S(=O)(=O)NCC(CCc1ccc(N)cn1)C(=O)N1CCC(=C(F)F)CC1. The summed E-state index contributed by atoms with van der Waals surface area (Å²) in [5.41, 5.74) is 8.28. The van der Waals surface area contributed by atoms with E-state index >= 15 is 0 Å². The van der Waals surface area contributed by atoms with Gasteiger partial charge >= 0.3 is 0 Å². The number of aryl methyl sites for hydroxylation is 1. The lowest BCUT2D eigenvalue weighted by Crippen LogP contribution is -2.44. The van der Waals surface area contributed by atoms with Gasteiger partial charge in [-0.05, 0) is 55.0 Å². The Hall–Kier alpha value is -4.16. The second-order valence-electron chi connectivity index (χ2n) is 10.1.